The minimum absolute atomic E-state index is 0.171. The van der Waals surface area contributed by atoms with Crippen molar-refractivity contribution in [2.75, 3.05) is 19.7 Å². The van der Waals surface area contributed by atoms with E-state index in [0.29, 0.717) is 12.8 Å². The topological polar surface area (TPSA) is 87.7 Å². The lowest BCUT2D eigenvalue weighted by Crippen LogP contribution is -2.19. The summed E-state index contributed by atoms with van der Waals surface area (Å²) in [5.74, 6) is 0.781. The predicted octanol–water partition coefficient (Wildman–Crippen LogP) is 4.66. The van der Waals surface area contributed by atoms with Crippen LogP contribution in [0.5, 0.6) is 0 Å². The standard InChI is InChI=1S/C18H33NO.C5H10N2O/c1-2-3-4-5-6-7-8-9-10-11-12-13-14-15-16-17-18(19)20;8-4-1-5-6-2-3-7-5/h6-7,9-10H,2-5,8,11-17H2,1H3,(H2,19,20);8H,1-4H2,(H,6,7)/b7-6-,10-9-;. The van der Waals surface area contributed by atoms with E-state index in [0.717, 1.165) is 38.2 Å². The lowest BCUT2D eigenvalue weighted by atomic mass is 10.1. The molecule has 1 rings (SSSR count). The van der Waals surface area contributed by atoms with Crippen LogP contribution in [-0.4, -0.2) is 36.5 Å². The summed E-state index contributed by atoms with van der Waals surface area (Å²) in [6, 6.07) is 0. The van der Waals surface area contributed by atoms with Gasteiger partial charge < -0.3 is 16.2 Å². The number of nitrogens with two attached hydrogens (primary N) is 1. The molecule has 0 radical (unpaired) electrons. The number of carbonyl (C=O) groups is 1. The molecule has 28 heavy (non-hydrogen) atoms. The highest BCUT2D eigenvalue weighted by Gasteiger charge is 2.01. The summed E-state index contributed by atoms with van der Waals surface area (Å²) >= 11 is 0. The minimum Gasteiger partial charge on any atom is -0.396 e. The number of hydrogen-bond donors (Lipinski definition) is 3. The number of amides is 1. The highest BCUT2D eigenvalue weighted by Crippen LogP contribution is 2.07. The molecule has 0 bridgehead atoms. The second kappa shape index (κ2) is 21.7. The third kappa shape index (κ3) is 20.7. The molecule has 0 saturated carbocycles. The van der Waals surface area contributed by atoms with E-state index in [9.17, 15) is 4.79 Å². The molecule has 0 saturated heterocycles. The van der Waals surface area contributed by atoms with Gasteiger partial charge in [-0.2, -0.15) is 0 Å². The number of aliphatic hydroxyl groups is 1. The Balaban J connectivity index is 0.000000749. The fourth-order valence-electron chi connectivity index (χ4n) is 2.83. The Labute approximate surface area is 172 Å². The SMILES string of the molecule is CCCCC/C=C\C/C=C\CCCCCCCC(N)=O.OCCC1=NCCN1. The highest BCUT2D eigenvalue weighted by atomic mass is 16.3. The quantitative estimate of drug-likeness (QED) is 0.263. The first-order valence-electron chi connectivity index (χ1n) is 11.2. The van der Waals surface area contributed by atoms with Crippen molar-refractivity contribution in [2.24, 2.45) is 10.7 Å². The average Bonchev–Trinajstić information content (AvgIpc) is 3.19. The first kappa shape index (κ1) is 26.4. The van der Waals surface area contributed by atoms with Gasteiger partial charge in [0.25, 0.3) is 0 Å². The van der Waals surface area contributed by atoms with Crippen molar-refractivity contribution < 1.29 is 9.90 Å². The molecule has 0 aromatic rings. The molecule has 1 aliphatic rings. The Morgan fingerprint density at radius 2 is 1.68 bits per heavy atom. The Kier molecular flexibility index (Phi) is 20.4. The number of nitrogens with one attached hydrogen (secondary N) is 1. The third-order valence-corrected chi connectivity index (χ3v) is 4.47. The van der Waals surface area contributed by atoms with Gasteiger partial charge in [0.05, 0.1) is 19.0 Å². The van der Waals surface area contributed by atoms with Crippen LogP contribution >= 0.6 is 0 Å². The summed E-state index contributed by atoms with van der Waals surface area (Å²) in [6.07, 6.45) is 23.6. The maximum Gasteiger partial charge on any atom is 0.217 e. The molecule has 0 spiro atoms. The fourth-order valence-corrected chi connectivity index (χ4v) is 2.83. The van der Waals surface area contributed by atoms with Gasteiger partial charge >= 0.3 is 0 Å². The molecule has 0 atom stereocenters. The largest absolute Gasteiger partial charge is 0.396 e. The monoisotopic (exact) mass is 393 g/mol. The van der Waals surface area contributed by atoms with Crippen molar-refractivity contribution in [3.8, 4) is 0 Å². The Morgan fingerprint density at radius 3 is 2.25 bits per heavy atom. The molecule has 0 aromatic heterocycles. The number of unbranched alkanes of at least 4 members (excludes halogenated alkanes) is 8. The van der Waals surface area contributed by atoms with Crippen LogP contribution in [0.4, 0.5) is 0 Å². The number of rotatable bonds is 16. The summed E-state index contributed by atoms with van der Waals surface area (Å²) in [6.45, 7) is 4.25. The molecule has 5 heteroatoms. The van der Waals surface area contributed by atoms with E-state index in [1.807, 2.05) is 0 Å². The van der Waals surface area contributed by atoms with Gasteiger partial charge in [0, 0.05) is 19.4 Å². The van der Waals surface area contributed by atoms with Gasteiger partial charge in [-0.1, -0.05) is 63.3 Å². The van der Waals surface area contributed by atoms with Crippen LogP contribution < -0.4 is 11.1 Å². The van der Waals surface area contributed by atoms with Crippen molar-refractivity contribution in [3.05, 3.63) is 24.3 Å². The van der Waals surface area contributed by atoms with Crippen LogP contribution in [0.2, 0.25) is 0 Å². The number of aliphatic hydroxyl groups excluding tert-OH is 1. The van der Waals surface area contributed by atoms with E-state index in [4.69, 9.17) is 10.8 Å². The Hall–Kier alpha value is -1.62. The third-order valence-electron chi connectivity index (χ3n) is 4.47. The number of nitrogens with zero attached hydrogens (tertiary/aromatic N) is 1. The second-order valence-electron chi connectivity index (χ2n) is 7.18. The summed E-state index contributed by atoms with van der Waals surface area (Å²) < 4.78 is 0. The molecule has 4 N–H and O–H groups in total. The first-order valence-corrected chi connectivity index (χ1v) is 11.2. The lowest BCUT2D eigenvalue weighted by molar-refractivity contribution is -0.118. The zero-order valence-electron chi connectivity index (χ0n) is 18.0. The normalized spacial score (nSPS) is 13.4. The fraction of sp³-hybridized carbons (Fsp3) is 0.739. The minimum atomic E-state index is -0.171. The van der Waals surface area contributed by atoms with Crippen LogP contribution in [0.25, 0.3) is 0 Å². The summed E-state index contributed by atoms with van der Waals surface area (Å²) in [5.41, 5.74) is 5.09. The van der Waals surface area contributed by atoms with Crippen LogP contribution in [-0.2, 0) is 4.79 Å². The number of carbonyl (C=O) groups excluding carboxylic acids is 1. The molecule has 162 valence electrons. The summed E-state index contributed by atoms with van der Waals surface area (Å²) in [4.78, 5) is 14.6. The predicted molar refractivity (Wildman–Crippen MR) is 121 cm³/mol. The highest BCUT2D eigenvalue weighted by molar-refractivity contribution is 5.83. The van der Waals surface area contributed by atoms with Gasteiger partial charge in [0.15, 0.2) is 0 Å². The van der Waals surface area contributed by atoms with Gasteiger partial charge in [-0.3, -0.25) is 9.79 Å². The number of allylic oxidation sites excluding steroid dienone is 4. The molecule has 1 amide bonds. The first-order chi connectivity index (χ1) is 13.7. The van der Waals surface area contributed by atoms with Crippen LogP contribution in [0, 0.1) is 0 Å². The Bertz CT molecular complexity index is 445. The van der Waals surface area contributed by atoms with Gasteiger partial charge in [-0.05, 0) is 38.5 Å². The van der Waals surface area contributed by atoms with Crippen molar-refractivity contribution in [1.29, 1.82) is 0 Å². The molecule has 1 aliphatic heterocycles. The zero-order chi connectivity index (χ0) is 20.7. The van der Waals surface area contributed by atoms with Gasteiger partial charge in [0.2, 0.25) is 5.91 Å². The van der Waals surface area contributed by atoms with E-state index < -0.39 is 0 Å². The lowest BCUT2D eigenvalue weighted by Gasteiger charge is -1.98. The molecule has 0 fully saturated rings. The van der Waals surface area contributed by atoms with E-state index in [2.05, 4.69) is 41.5 Å². The molecule has 5 nitrogen and oxygen atoms in total. The molecular weight excluding hydrogens is 350 g/mol. The molecule has 0 unspecified atom stereocenters. The van der Waals surface area contributed by atoms with Gasteiger partial charge in [-0.15, -0.1) is 0 Å². The van der Waals surface area contributed by atoms with Crippen LogP contribution in [0.1, 0.15) is 90.4 Å². The Morgan fingerprint density at radius 1 is 1.04 bits per heavy atom. The second-order valence-corrected chi connectivity index (χ2v) is 7.18. The maximum absolute atomic E-state index is 10.5. The van der Waals surface area contributed by atoms with Crippen LogP contribution in [0.3, 0.4) is 0 Å². The van der Waals surface area contributed by atoms with E-state index in [-0.39, 0.29) is 12.5 Å². The van der Waals surface area contributed by atoms with Crippen molar-refractivity contribution in [1.82, 2.24) is 5.32 Å². The zero-order valence-corrected chi connectivity index (χ0v) is 18.0. The number of primary amides is 1. The molecule has 0 aromatic carbocycles. The van der Waals surface area contributed by atoms with Crippen molar-refractivity contribution in [3.63, 3.8) is 0 Å². The number of hydrogen-bond acceptors (Lipinski definition) is 4. The van der Waals surface area contributed by atoms with E-state index in [1.165, 1.54) is 51.4 Å². The van der Waals surface area contributed by atoms with Crippen molar-refractivity contribution in [2.45, 2.75) is 90.4 Å². The number of aliphatic imine (C=N–C) groups is 1. The molecule has 1 heterocycles. The van der Waals surface area contributed by atoms with Crippen LogP contribution in [0.15, 0.2) is 29.3 Å². The van der Waals surface area contributed by atoms with E-state index in [1.54, 1.807) is 0 Å². The maximum atomic E-state index is 10.5. The number of amidine groups is 1. The van der Waals surface area contributed by atoms with Gasteiger partial charge in [-0.25, -0.2) is 0 Å². The summed E-state index contributed by atoms with van der Waals surface area (Å²) in [7, 11) is 0. The van der Waals surface area contributed by atoms with E-state index >= 15 is 0 Å². The molecule has 0 aliphatic carbocycles. The van der Waals surface area contributed by atoms with Gasteiger partial charge in [0.1, 0.15) is 0 Å². The molecular formula is C23H43N3O2. The van der Waals surface area contributed by atoms with Crippen molar-refractivity contribution >= 4 is 11.7 Å². The average molecular weight is 394 g/mol. The smallest absolute Gasteiger partial charge is 0.217 e. The summed E-state index contributed by atoms with van der Waals surface area (Å²) in [5, 5.41) is 11.5.